The molecule has 4 N–H and O–H groups in total. The van der Waals surface area contributed by atoms with Crippen LogP contribution in [0.5, 0.6) is 0 Å². The predicted octanol–water partition coefficient (Wildman–Crippen LogP) is -0.947. The Bertz CT molecular complexity index is 184. The van der Waals surface area contributed by atoms with Crippen LogP contribution in [0.1, 0.15) is 0 Å². The van der Waals surface area contributed by atoms with Crippen molar-refractivity contribution in [2.24, 2.45) is 5.84 Å². The first kappa shape index (κ1) is 10.9. The van der Waals surface area contributed by atoms with Crippen molar-refractivity contribution in [3.8, 4) is 0 Å². The minimum Gasteiger partial charge on any atom is -0.460 e. The van der Waals surface area contributed by atoms with Gasteiger partial charge < -0.3 is 15.5 Å². The smallest absolute Gasteiger partial charge is 0.325 e. The molecule has 0 heterocycles. The van der Waals surface area contributed by atoms with Crippen LogP contribution in [0.15, 0.2) is 12.7 Å². The van der Waals surface area contributed by atoms with Gasteiger partial charge >= 0.3 is 5.97 Å². The van der Waals surface area contributed by atoms with Crippen LogP contribution in [0.25, 0.3) is 0 Å². The SMILES string of the molecule is C=CCOC(=O)CNC(=S)NN. The third kappa shape index (κ3) is 5.63. The number of hydrogen-bond donors (Lipinski definition) is 3. The number of ether oxygens (including phenoxy) is 1. The van der Waals surface area contributed by atoms with Crippen LogP contribution in [0.2, 0.25) is 0 Å². The molecule has 0 aromatic rings. The highest BCUT2D eigenvalue weighted by molar-refractivity contribution is 7.80. The Hall–Kier alpha value is -1.14. The molecule has 0 aliphatic heterocycles. The highest BCUT2D eigenvalue weighted by Crippen LogP contribution is 1.76. The third-order valence-electron chi connectivity index (χ3n) is 0.887. The lowest BCUT2D eigenvalue weighted by molar-refractivity contribution is -0.140. The Balaban J connectivity index is 3.43. The minimum atomic E-state index is -0.410. The molecule has 0 fully saturated rings. The number of esters is 1. The Morgan fingerprint density at radius 2 is 2.42 bits per heavy atom. The van der Waals surface area contributed by atoms with Crippen molar-refractivity contribution in [2.75, 3.05) is 13.2 Å². The molecule has 0 aliphatic carbocycles. The second-order valence-corrected chi connectivity index (χ2v) is 2.21. The molecule has 0 rings (SSSR count). The summed E-state index contributed by atoms with van der Waals surface area (Å²) in [4.78, 5) is 10.8. The van der Waals surface area contributed by atoms with Gasteiger partial charge in [0.05, 0.1) is 0 Å². The van der Waals surface area contributed by atoms with E-state index in [0.717, 1.165) is 0 Å². The quantitative estimate of drug-likeness (QED) is 0.174. The van der Waals surface area contributed by atoms with Gasteiger partial charge in [-0.1, -0.05) is 12.7 Å². The summed E-state index contributed by atoms with van der Waals surface area (Å²) >= 11 is 4.61. The van der Waals surface area contributed by atoms with Crippen molar-refractivity contribution in [2.45, 2.75) is 0 Å². The van der Waals surface area contributed by atoms with Gasteiger partial charge in [0.15, 0.2) is 5.11 Å². The topological polar surface area (TPSA) is 76.4 Å². The number of nitrogens with two attached hydrogens (primary N) is 1. The summed E-state index contributed by atoms with van der Waals surface area (Å²) in [7, 11) is 0. The maximum atomic E-state index is 10.8. The van der Waals surface area contributed by atoms with Gasteiger partial charge in [-0.15, -0.1) is 0 Å². The van der Waals surface area contributed by atoms with E-state index in [4.69, 9.17) is 5.84 Å². The van der Waals surface area contributed by atoms with Gasteiger partial charge in [-0.25, -0.2) is 5.84 Å². The largest absolute Gasteiger partial charge is 0.460 e. The number of rotatable bonds is 4. The number of carbonyl (C=O) groups is 1. The number of carbonyl (C=O) groups excluding carboxylic acids is 1. The normalized spacial score (nSPS) is 8.42. The predicted molar refractivity (Wildman–Crippen MR) is 49.1 cm³/mol. The molecule has 68 valence electrons. The van der Waals surface area contributed by atoms with E-state index in [1.54, 1.807) is 0 Å². The molecule has 12 heavy (non-hydrogen) atoms. The van der Waals surface area contributed by atoms with Crippen molar-refractivity contribution in [1.29, 1.82) is 0 Å². The standard InChI is InChI=1S/C6H11N3O2S/c1-2-3-11-5(10)4-8-6(12)9-7/h2H,1,3-4,7H2,(H2,8,9,12). The molecular weight excluding hydrogens is 178 g/mol. The van der Waals surface area contributed by atoms with E-state index in [-0.39, 0.29) is 18.3 Å². The number of hydrazine groups is 1. The molecule has 0 radical (unpaired) electrons. The maximum Gasteiger partial charge on any atom is 0.325 e. The third-order valence-corrected chi connectivity index (χ3v) is 1.15. The summed E-state index contributed by atoms with van der Waals surface area (Å²) in [5.41, 5.74) is 2.17. The first-order valence-corrected chi connectivity index (χ1v) is 3.62. The summed E-state index contributed by atoms with van der Waals surface area (Å²) in [5, 5.41) is 2.73. The van der Waals surface area contributed by atoms with Gasteiger partial charge in [-0.2, -0.15) is 0 Å². The van der Waals surface area contributed by atoms with Crippen molar-refractivity contribution >= 4 is 23.3 Å². The van der Waals surface area contributed by atoms with Gasteiger partial charge in [0.25, 0.3) is 0 Å². The van der Waals surface area contributed by atoms with Crippen LogP contribution in [0.3, 0.4) is 0 Å². The fourth-order valence-corrected chi connectivity index (χ4v) is 0.479. The van der Waals surface area contributed by atoms with E-state index < -0.39 is 5.97 Å². The molecule has 0 bridgehead atoms. The van der Waals surface area contributed by atoms with E-state index in [0.29, 0.717) is 0 Å². The Kier molecular flexibility index (Phi) is 5.94. The second-order valence-electron chi connectivity index (χ2n) is 1.80. The molecule has 5 nitrogen and oxygen atoms in total. The summed E-state index contributed by atoms with van der Waals surface area (Å²) in [6, 6.07) is 0. The number of thiocarbonyl (C=S) groups is 1. The Morgan fingerprint density at radius 3 is 2.92 bits per heavy atom. The van der Waals surface area contributed by atoms with Crippen LogP contribution in [0, 0.1) is 0 Å². The lowest BCUT2D eigenvalue weighted by Gasteiger charge is -2.05. The van der Waals surface area contributed by atoms with Crippen LogP contribution in [-0.2, 0) is 9.53 Å². The summed E-state index contributed by atoms with van der Waals surface area (Å²) in [6.07, 6.45) is 1.48. The minimum absolute atomic E-state index is 0.00310. The summed E-state index contributed by atoms with van der Waals surface area (Å²) in [6.45, 7) is 3.58. The lowest BCUT2D eigenvalue weighted by atomic mass is 10.6. The molecule has 0 atom stereocenters. The lowest BCUT2D eigenvalue weighted by Crippen LogP contribution is -2.42. The molecule has 0 saturated heterocycles. The molecule has 0 spiro atoms. The van der Waals surface area contributed by atoms with Crippen molar-refractivity contribution in [3.63, 3.8) is 0 Å². The molecule has 0 aromatic heterocycles. The number of hydrogen-bond acceptors (Lipinski definition) is 4. The fourth-order valence-electron chi connectivity index (χ4n) is 0.406. The Labute approximate surface area is 75.9 Å². The van der Waals surface area contributed by atoms with Gasteiger partial charge in [-0.3, -0.25) is 4.79 Å². The van der Waals surface area contributed by atoms with E-state index in [1.165, 1.54) is 6.08 Å². The molecular formula is C6H11N3O2S. The molecule has 6 heteroatoms. The number of nitrogens with one attached hydrogen (secondary N) is 2. The monoisotopic (exact) mass is 189 g/mol. The summed E-state index contributed by atoms with van der Waals surface area (Å²) in [5.74, 6) is 4.53. The van der Waals surface area contributed by atoms with E-state index in [1.807, 2.05) is 0 Å². The van der Waals surface area contributed by atoms with E-state index in [9.17, 15) is 4.79 Å². The van der Waals surface area contributed by atoms with Gasteiger partial charge in [0.2, 0.25) is 0 Å². The van der Waals surface area contributed by atoms with Gasteiger partial charge in [0, 0.05) is 0 Å². The Morgan fingerprint density at radius 1 is 1.75 bits per heavy atom. The van der Waals surface area contributed by atoms with Crippen molar-refractivity contribution in [3.05, 3.63) is 12.7 Å². The van der Waals surface area contributed by atoms with Crippen LogP contribution in [-0.4, -0.2) is 24.2 Å². The molecule has 0 unspecified atom stereocenters. The van der Waals surface area contributed by atoms with Gasteiger partial charge in [0.1, 0.15) is 13.2 Å². The average Bonchev–Trinajstić information content (AvgIpc) is 2.10. The summed E-state index contributed by atoms with van der Waals surface area (Å²) < 4.78 is 4.64. The molecule has 0 amide bonds. The zero-order valence-electron chi connectivity index (χ0n) is 6.50. The zero-order valence-corrected chi connectivity index (χ0v) is 7.32. The average molecular weight is 189 g/mol. The second kappa shape index (κ2) is 6.56. The van der Waals surface area contributed by atoms with Gasteiger partial charge in [-0.05, 0) is 12.2 Å². The first-order chi connectivity index (χ1) is 5.70. The molecule has 0 aromatic carbocycles. The van der Waals surface area contributed by atoms with E-state index >= 15 is 0 Å². The highest BCUT2D eigenvalue weighted by Gasteiger charge is 2.00. The zero-order chi connectivity index (χ0) is 9.40. The van der Waals surface area contributed by atoms with E-state index in [2.05, 4.69) is 34.3 Å². The fraction of sp³-hybridized carbons (Fsp3) is 0.333. The molecule has 0 saturated carbocycles. The highest BCUT2D eigenvalue weighted by atomic mass is 32.1. The maximum absolute atomic E-state index is 10.8. The van der Waals surface area contributed by atoms with Crippen molar-refractivity contribution < 1.29 is 9.53 Å². The first-order valence-electron chi connectivity index (χ1n) is 3.21. The van der Waals surface area contributed by atoms with Crippen LogP contribution < -0.4 is 16.6 Å². The van der Waals surface area contributed by atoms with Crippen molar-refractivity contribution in [1.82, 2.24) is 10.7 Å². The molecule has 0 aliphatic rings. The van der Waals surface area contributed by atoms with Crippen LogP contribution in [0.4, 0.5) is 0 Å². The van der Waals surface area contributed by atoms with Crippen LogP contribution >= 0.6 is 12.2 Å².